The highest BCUT2D eigenvalue weighted by Crippen LogP contribution is 2.50. The Morgan fingerprint density at radius 1 is 1.33 bits per heavy atom. The lowest BCUT2D eigenvalue weighted by Crippen LogP contribution is -2.47. The Labute approximate surface area is 122 Å². The Kier molecular flexibility index (Phi) is 3.67. The second-order valence-corrected chi connectivity index (χ2v) is 6.62. The maximum absolute atomic E-state index is 12.8. The summed E-state index contributed by atoms with van der Waals surface area (Å²) in [6, 6.07) is 2.52. The van der Waals surface area contributed by atoms with Crippen molar-refractivity contribution in [3.8, 4) is 0 Å². The first-order valence-corrected chi connectivity index (χ1v) is 7.39. The highest BCUT2D eigenvalue weighted by Gasteiger charge is 2.65. The molecule has 1 N–H and O–H groups in total. The lowest BCUT2D eigenvalue weighted by Gasteiger charge is -2.20. The van der Waals surface area contributed by atoms with Crippen LogP contribution >= 0.6 is 11.6 Å². The molecule has 11 heteroatoms. The molecule has 1 saturated carbocycles. The number of halogens is 4. The zero-order chi connectivity index (χ0) is 16.1. The quantitative estimate of drug-likeness (QED) is 0.671. The van der Waals surface area contributed by atoms with Crippen LogP contribution in [0.4, 0.5) is 18.9 Å². The van der Waals surface area contributed by atoms with Gasteiger partial charge in [-0.25, -0.2) is 8.42 Å². The zero-order valence-electron chi connectivity index (χ0n) is 10.1. The summed E-state index contributed by atoms with van der Waals surface area (Å²) in [6.45, 7) is 0. The van der Waals surface area contributed by atoms with Crippen LogP contribution in [0.1, 0.15) is 12.8 Å². The molecule has 0 bridgehead atoms. The number of hydrogen-bond acceptors (Lipinski definition) is 4. The van der Waals surface area contributed by atoms with Gasteiger partial charge in [-0.1, -0.05) is 11.6 Å². The van der Waals surface area contributed by atoms with Crippen LogP contribution in [0.15, 0.2) is 23.1 Å². The minimum absolute atomic E-state index is 0.387. The van der Waals surface area contributed by atoms with E-state index in [9.17, 15) is 31.7 Å². The summed E-state index contributed by atoms with van der Waals surface area (Å²) in [4.78, 5) is 8.99. The largest absolute Gasteiger partial charge is 0.407 e. The number of nitro benzene ring substituents is 1. The molecular weight excluding hydrogens is 337 g/mol. The second-order valence-electron chi connectivity index (χ2n) is 4.56. The molecule has 21 heavy (non-hydrogen) atoms. The molecule has 0 atom stereocenters. The molecule has 0 amide bonds. The molecule has 1 aliphatic carbocycles. The Bertz CT molecular complexity index is 701. The maximum Gasteiger partial charge on any atom is 0.407 e. The lowest BCUT2D eigenvalue weighted by atomic mass is 10.3. The SMILES string of the molecule is O=[N+]([O-])c1ccc(Cl)c(S(=O)(=O)NC2(C(F)(F)F)CC2)c1. The van der Waals surface area contributed by atoms with Crippen molar-refractivity contribution in [3.05, 3.63) is 33.3 Å². The van der Waals surface area contributed by atoms with Gasteiger partial charge in [0, 0.05) is 12.1 Å². The molecule has 0 aromatic heterocycles. The highest BCUT2D eigenvalue weighted by molar-refractivity contribution is 7.89. The number of nitrogens with one attached hydrogen (secondary N) is 1. The molecule has 0 saturated heterocycles. The molecule has 0 radical (unpaired) electrons. The molecule has 6 nitrogen and oxygen atoms in total. The van der Waals surface area contributed by atoms with Crippen LogP contribution in [0.2, 0.25) is 5.02 Å². The fourth-order valence-electron chi connectivity index (χ4n) is 1.69. The Morgan fingerprint density at radius 3 is 2.33 bits per heavy atom. The minimum Gasteiger partial charge on any atom is -0.258 e. The molecule has 1 aromatic carbocycles. The number of benzene rings is 1. The predicted molar refractivity (Wildman–Crippen MR) is 66.4 cm³/mol. The number of hydrogen-bond donors (Lipinski definition) is 1. The third kappa shape index (κ3) is 2.97. The van der Waals surface area contributed by atoms with Crippen molar-refractivity contribution in [2.24, 2.45) is 0 Å². The number of non-ortho nitro benzene ring substituents is 1. The third-order valence-corrected chi connectivity index (χ3v) is 5.06. The summed E-state index contributed by atoms with van der Waals surface area (Å²) >= 11 is 5.63. The van der Waals surface area contributed by atoms with E-state index in [0.717, 1.165) is 12.1 Å². The van der Waals surface area contributed by atoms with Crippen LogP contribution in [0.25, 0.3) is 0 Å². The van der Waals surface area contributed by atoms with Gasteiger partial charge in [0.15, 0.2) is 0 Å². The van der Waals surface area contributed by atoms with E-state index in [4.69, 9.17) is 11.6 Å². The Balaban J connectivity index is 2.41. The average molecular weight is 345 g/mol. The summed E-state index contributed by atoms with van der Waals surface area (Å²) in [5, 5.41) is 10.2. The van der Waals surface area contributed by atoms with E-state index in [1.807, 2.05) is 0 Å². The zero-order valence-corrected chi connectivity index (χ0v) is 11.7. The first-order valence-electron chi connectivity index (χ1n) is 5.53. The van der Waals surface area contributed by atoms with Crippen LogP contribution in [-0.4, -0.2) is 25.1 Å². The van der Waals surface area contributed by atoms with Gasteiger partial charge in [-0.15, -0.1) is 0 Å². The minimum atomic E-state index is -4.74. The third-order valence-electron chi connectivity index (χ3n) is 3.04. The van der Waals surface area contributed by atoms with Crippen molar-refractivity contribution >= 4 is 27.3 Å². The summed E-state index contributed by atoms with van der Waals surface area (Å²) < 4.78 is 63.9. The van der Waals surface area contributed by atoms with E-state index >= 15 is 0 Å². The first kappa shape index (κ1) is 16.0. The molecule has 0 spiro atoms. The first-order chi connectivity index (χ1) is 9.48. The van der Waals surface area contributed by atoms with Gasteiger partial charge in [-0.2, -0.15) is 17.9 Å². The summed E-state index contributed by atoms with van der Waals surface area (Å²) in [6.07, 6.45) is -5.52. The van der Waals surface area contributed by atoms with Crippen molar-refractivity contribution in [3.63, 3.8) is 0 Å². The molecule has 1 aromatic rings. The number of nitrogens with zero attached hydrogens (tertiary/aromatic N) is 1. The fraction of sp³-hybridized carbons (Fsp3) is 0.400. The molecule has 0 aliphatic heterocycles. The van der Waals surface area contributed by atoms with Crippen molar-refractivity contribution in [2.45, 2.75) is 29.5 Å². The van der Waals surface area contributed by atoms with Crippen molar-refractivity contribution in [1.82, 2.24) is 4.72 Å². The molecular formula is C10H8ClF3N2O4S. The van der Waals surface area contributed by atoms with Crippen molar-refractivity contribution in [2.75, 3.05) is 0 Å². The topological polar surface area (TPSA) is 89.3 Å². The highest BCUT2D eigenvalue weighted by atomic mass is 35.5. The Morgan fingerprint density at radius 2 is 1.90 bits per heavy atom. The van der Waals surface area contributed by atoms with Crippen molar-refractivity contribution in [1.29, 1.82) is 0 Å². The van der Waals surface area contributed by atoms with Gasteiger partial charge >= 0.3 is 6.18 Å². The monoisotopic (exact) mass is 344 g/mol. The average Bonchev–Trinajstić information content (AvgIpc) is 3.08. The van der Waals surface area contributed by atoms with Gasteiger partial charge in [-0.3, -0.25) is 10.1 Å². The summed E-state index contributed by atoms with van der Waals surface area (Å²) in [5.41, 5.74) is -3.10. The van der Waals surface area contributed by atoms with E-state index in [1.54, 1.807) is 4.72 Å². The predicted octanol–water partition coefficient (Wildman–Crippen LogP) is 2.62. The molecule has 1 fully saturated rings. The number of alkyl halides is 3. The van der Waals surface area contributed by atoms with Crippen LogP contribution in [0.3, 0.4) is 0 Å². The summed E-state index contributed by atoms with van der Waals surface area (Å²) in [7, 11) is -4.63. The number of nitro groups is 1. The van der Waals surface area contributed by atoms with Gasteiger partial charge in [0.1, 0.15) is 10.4 Å². The molecule has 116 valence electrons. The lowest BCUT2D eigenvalue weighted by molar-refractivity contribution is -0.385. The second kappa shape index (κ2) is 4.82. The maximum atomic E-state index is 12.8. The molecule has 0 unspecified atom stereocenters. The Hall–Kier alpha value is -1.39. The smallest absolute Gasteiger partial charge is 0.258 e. The van der Waals surface area contributed by atoms with E-state index in [-0.39, 0.29) is 12.8 Å². The van der Waals surface area contributed by atoms with Crippen molar-refractivity contribution < 1.29 is 26.5 Å². The van der Waals surface area contributed by atoms with Crippen LogP contribution in [0.5, 0.6) is 0 Å². The van der Waals surface area contributed by atoms with E-state index in [1.165, 1.54) is 0 Å². The van der Waals surface area contributed by atoms with Crippen LogP contribution in [-0.2, 0) is 10.0 Å². The van der Waals surface area contributed by atoms with Gasteiger partial charge in [0.25, 0.3) is 5.69 Å². The van der Waals surface area contributed by atoms with Gasteiger partial charge in [0.2, 0.25) is 10.0 Å². The number of sulfonamides is 1. The number of rotatable bonds is 4. The molecule has 1 aliphatic rings. The van der Waals surface area contributed by atoms with Gasteiger partial charge < -0.3 is 0 Å². The van der Waals surface area contributed by atoms with Gasteiger partial charge in [0.05, 0.1) is 9.95 Å². The molecule has 0 heterocycles. The van der Waals surface area contributed by atoms with Crippen LogP contribution < -0.4 is 4.72 Å². The van der Waals surface area contributed by atoms with E-state index < -0.39 is 42.3 Å². The van der Waals surface area contributed by atoms with Gasteiger partial charge in [-0.05, 0) is 18.9 Å². The van der Waals surface area contributed by atoms with E-state index in [2.05, 4.69) is 0 Å². The summed E-state index contributed by atoms with van der Waals surface area (Å²) in [5.74, 6) is 0. The van der Waals surface area contributed by atoms with E-state index in [0.29, 0.717) is 6.07 Å². The molecule has 2 rings (SSSR count). The normalized spacial score (nSPS) is 17.5. The fourth-order valence-corrected chi connectivity index (χ4v) is 3.66. The van der Waals surface area contributed by atoms with Crippen LogP contribution in [0, 0.1) is 10.1 Å². The standard InChI is InChI=1S/C10H8ClF3N2O4S/c11-7-2-1-6(16(17)18)5-8(7)21(19,20)15-9(3-4-9)10(12,13)14/h1-2,5,15H,3-4H2.